The van der Waals surface area contributed by atoms with Gasteiger partial charge in [-0.25, -0.2) is 4.79 Å². The molecule has 0 fully saturated rings. The minimum absolute atomic E-state index is 0.427. The van der Waals surface area contributed by atoms with Crippen LogP contribution in [-0.2, 0) is 6.42 Å². The molecule has 1 rings (SSSR count). The SMILES string of the molecule is C=C(N=NC(N)=O)c1ccc(CC)cc1.CC. The summed E-state index contributed by atoms with van der Waals surface area (Å²) in [7, 11) is 0. The fraction of sp³-hybridized carbons (Fsp3) is 0.308. The van der Waals surface area contributed by atoms with Crippen molar-refractivity contribution < 1.29 is 4.79 Å². The Bertz CT molecular complexity index is 394. The second-order valence-corrected chi connectivity index (χ2v) is 3.04. The maximum Gasteiger partial charge on any atom is 0.356 e. The summed E-state index contributed by atoms with van der Waals surface area (Å²) in [5.41, 5.74) is 7.32. The van der Waals surface area contributed by atoms with Crippen molar-refractivity contribution in [1.29, 1.82) is 0 Å². The number of nitrogens with zero attached hydrogens (tertiary/aromatic N) is 2. The number of azo groups is 1. The number of nitrogens with two attached hydrogens (primary N) is 1. The zero-order valence-corrected chi connectivity index (χ0v) is 10.6. The molecule has 4 heteroatoms. The van der Waals surface area contributed by atoms with E-state index in [9.17, 15) is 4.79 Å². The number of aryl methyl sites for hydroxylation is 1. The predicted octanol–water partition coefficient (Wildman–Crippen LogP) is 3.78. The summed E-state index contributed by atoms with van der Waals surface area (Å²) in [6.45, 7) is 9.76. The molecule has 0 atom stereocenters. The lowest BCUT2D eigenvalue weighted by atomic mass is 10.1. The van der Waals surface area contributed by atoms with Gasteiger partial charge < -0.3 is 5.73 Å². The van der Waals surface area contributed by atoms with Crippen molar-refractivity contribution in [1.82, 2.24) is 0 Å². The highest BCUT2D eigenvalue weighted by Crippen LogP contribution is 2.15. The average molecular weight is 233 g/mol. The zero-order chi connectivity index (χ0) is 13.3. The Morgan fingerprint density at radius 1 is 1.24 bits per heavy atom. The molecule has 0 aliphatic rings. The molecule has 0 aliphatic heterocycles. The Morgan fingerprint density at radius 3 is 2.18 bits per heavy atom. The van der Waals surface area contributed by atoms with Gasteiger partial charge in [-0.1, -0.05) is 56.7 Å². The van der Waals surface area contributed by atoms with Gasteiger partial charge >= 0.3 is 6.03 Å². The van der Waals surface area contributed by atoms with E-state index in [1.165, 1.54) is 5.56 Å². The van der Waals surface area contributed by atoms with Crippen LogP contribution in [0.5, 0.6) is 0 Å². The van der Waals surface area contributed by atoms with Crippen LogP contribution in [0.25, 0.3) is 5.70 Å². The van der Waals surface area contributed by atoms with Gasteiger partial charge in [-0.3, -0.25) is 0 Å². The molecule has 1 aromatic rings. The number of amides is 2. The van der Waals surface area contributed by atoms with Crippen molar-refractivity contribution in [2.45, 2.75) is 27.2 Å². The fourth-order valence-corrected chi connectivity index (χ4v) is 1.10. The molecule has 4 nitrogen and oxygen atoms in total. The molecular formula is C13H19N3O. The number of carbonyl (C=O) groups excluding carboxylic acids is 1. The van der Waals surface area contributed by atoms with Gasteiger partial charge in [0, 0.05) is 5.56 Å². The first-order valence-electron chi connectivity index (χ1n) is 5.63. The van der Waals surface area contributed by atoms with Gasteiger partial charge in [0.05, 0.1) is 5.70 Å². The summed E-state index contributed by atoms with van der Waals surface area (Å²) >= 11 is 0. The third kappa shape index (κ3) is 5.61. The molecule has 0 saturated carbocycles. The minimum atomic E-state index is -0.818. The second kappa shape index (κ2) is 8.21. The normalized spacial score (nSPS) is 9.59. The van der Waals surface area contributed by atoms with Crippen LogP contribution < -0.4 is 5.73 Å². The quantitative estimate of drug-likeness (QED) is 0.793. The Balaban J connectivity index is 0.00000121. The minimum Gasteiger partial charge on any atom is -0.348 e. The van der Waals surface area contributed by atoms with Gasteiger partial charge in [-0.2, -0.15) is 0 Å². The summed E-state index contributed by atoms with van der Waals surface area (Å²) in [5, 5.41) is 6.81. The maximum atomic E-state index is 10.4. The van der Waals surface area contributed by atoms with E-state index in [0.717, 1.165) is 12.0 Å². The third-order valence-electron chi connectivity index (χ3n) is 1.96. The lowest BCUT2D eigenvalue weighted by Gasteiger charge is -2.00. The van der Waals surface area contributed by atoms with Crippen LogP contribution in [0.15, 0.2) is 41.1 Å². The van der Waals surface area contributed by atoms with Crippen LogP contribution in [0, 0.1) is 0 Å². The van der Waals surface area contributed by atoms with Crippen molar-refractivity contribution >= 4 is 11.7 Å². The second-order valence-electron chi connectivity index (χ2n) is 3.04. The van der Waals surface area contributed by atoms with Gasteiger partial charge in [0.2, 0.25) is 0 Å². The maximum absolute atomic E-state index is 10.4. The lowest BCUT2D eigenvalue weighted by Crippen LogP contribution is -2.02. The molecule has 2 N–H and O–H groups in total. The largest absolute Gasteiger partial charge is 0.356 e. The van der Waals surface area contributed by atoms with Crippen molar-refractivity contribution in [3.05, 3.63) is 42.0 Å². The molecule has 0 saturated heterocycles. The molecule has 0 unspecified atom stereocenters. The van der Waals surface area contributed by atoms with Gasteiger partial charge in [0.25, 0.3) is 0 Å². The van der Waals surface area contributed by atoms with Crippen LogP contribution in [-0.4, -0.2) is 6.03 Å². The summed E-state index contributed by atoms with van der Waals surface area (Å²) in [4.78, 5) is 10.4. The van der Waals surface area contributed by atoms with E-state index >= 15 is 0 Å². The van der Waals surface area contributed by atoms with Crippen LogP contribution in [0.2, 0.25) is 0 Å². The standard InChI is InChI=1S/C11H13N3O.C2H6/c1-3-9-4-6-10(7-5-9)8(2)13-14-11(12)15;1-2/h4-7H,2-3H2,1H3,(H2,12,15);1-2H3. The van der Waals surface area contributed by atoms with E-state index in [1.807, 2.05) is 38.1 Å². The molecule has 0 aromatic heterocycles. The molecule has 0 heterocycles. The number of benzene rings is 1. The van der Waals surface area contributed by atoms with Crippen LogP contribution >= 0.6 is 0 Å². The molecular weight excluding hydrogens is 214 g/mol. The lowest BCUT2D eigenvalue weighted by molar-refractivity contribution is 0.255. The zero-order valence-electron chi connectivity index (χ0n) is 10.6. The summed E-state index contributed by atoms with van der Waals surface area (Å²) in [6, 6.07) is 6.93. The van der Waals surface area contributed by atoms with Crippen molar-refractivity contribution in [3.63, 3.8) is 0 Å². The highest BCUT2D eigenvalue weighted by atomic mass is 16.2. The Morgan fingerprint density at radius 2 is 1.76 bits per heavy atom. The number of urea groups is 1. The number of carbonyl (C=O) groups is 1. The fourth-order valence-electron chi connectivity index (χ4n) is 1.10. The average Bonchev–Trinajstić information content (AvgIpc) is 2.38. The van der Waals surface area contributed by atoms with Gasteiger partial charge in [-0.15, -0.1) is 5.11 Å². The molecule has 0 spiro atoms. The molecule has 17 heavy (non-hydrogen) atoms. The van der Waals surface area contributed by atoms with E-state index in [4.69, 9.17) is 5.73 Å². The van der Waals surface area contributed by atoms with Gasteiger partial charge in [0.15, 0.2) is 0 Å². The van der Waals surface area contributed by atoms with Crippen LogP contribution in [0.3, 0.4) is 0 Å². The Hall–Kier alpha value is -1.97. The highest BCUT2D eigenvalue weighted by Gasteiger charge is 1.97. The van der Waals surface area contributed by atoms with Gasteiger partial charge in [0.1, 0.15) is 0 Å². The topological polar surface area (TPSA) is 67.8 Å². The smallest absolute Gasteiger partial charge is 0.348 e. The molecule has 92 valence electrons. The Labute approximate surface area is 102 Å². The highest BCUT2D eigenvalue weighted by molar-refractivity contribution is 5.73. The summed E-state index contributed by atoms with van der Waals surface area (Å²) in [6.07, 6.45) is 0.982. The monoisotopic (exact) mass is 233 g/mol. The molecule has 2 amide bonds. The predicted molar refractivity (Wildman–Crippen MR) is 70.6 cm³/mol. The van der Waals surface area contributed by atoms with Crippen molar-refractivity contribution in [3.8, 4) is 0 Å². The number of hydrogen-bond acceptors (Lipinski definition) is 2. The van der Waals surface area contributed by atoms with Crippen molar-refractivity contribution in [2.24, 2.45) is 16.0 Å². The molecule has 0 aliphatic carbocycles. The van der Waals surface area contributed by atoms with E-state index in [1.54, 1.807) is 0 Å². The van der Waals surface area contributed by atoms with E-state index in [-0.39, 0.29) is 0 Å². The summed E-state index contributed by atoms with van der Waals surface area (Å²) < 4.78 is 0. The van der Waals surface area contributed by atoms with Gasteiger partial charge in [-0.05, 0) is 12.0 Å². The summed E-state index contributed by atoms with van der Waals surface area (Å²) in [5.74, 6) is 0. The number of primary amides is 1. The first-order valence-corrected chi connectivity index (χ1v) is 5.63. The van der Waals surface area contributed by atoms with E-state index < -0.39 is 6.03 Å². The molecule has 0 radical (unpaired) electrons. The van der Waals surface area contributed by atoms with Crippen molar-refractivity contribution in [2.75, 3.05) is 0 Å². The first-order chi connectivity index (χ1) is 8.13. The number of hydrogen-bond donors (Lipinski definition) is 1. The molecule has 0 bridgehead atoms. The van der Waals surface area contributed by atoms with E-state index in [0.29, 0.717) is 5.70 Å². The van der Waals surface area contributed by atoms with Crippen LogP contribution in [0.4, 0.5) is 4.79 Å². The first kappa shape index (κ1) is 15.0. The van der Waals surface area contributed by atoms with Crippen LogP contribution in [0.1, 0.15) is 31.9 Å². The number of rotatable bonds is 3. The Kier molecular flexibility index (Phi) is 7.26. The van der Waals surface area contributed by atoms with E-state index in [2.05, 4.69) is 23.7 Å². The molecule has 1 aromatic carbocycles. The third-order valence-corrected chi connectivity index (χ3v) is 1.96.